The molecule has 3 aromatic rings. The smallest absolute Gasteiger partial charge is 0.332 e. The van der Waals surface area contributed by atoms with Crippen LogP contribution >= 0.6 is 0 Å². The lowest BCUT2D eigenvalue weighted by molar-refractivity contribution is 0.354. The van der Waals surface area contributed by atoms with Crippen molar-refractivity contribution in [3.05, 3.63) is 50.4 Å². The third kappa shape index (κ3) is 3.83. The standard InChI is InChI=1S/C21H26N4O4/c1-5-12-24-19-17(20(26)25(13-6-2)21(24)27)22-16(23-19)11-10-14-8-7-9-15(28-3)18(14)29-4/h7-11H,5-6,12-13H2,1-4H3,(H,22,23). The van der Waals surface area contributed by atoms with E-state index in [-0.39, 0.29) is 11.2 Å². The molecule has 0 radical (unpaired) electrons. The van der Waals surface area contributed by atoms with E-state index >= 15 is 0 Å². The summed E-state index contributed by atoms with van der Waals surface area (Å²) in [6.07, 6.45) is 5.04. The molecule has 0 bridgehead atoms. The molecular weight excluding hydrogens is 372 g/mol. The van der Waals surface area contributed by atoms with Crippen LogP contribution in [-0.2, 0) is 13.1 Å². The number of imidazole rings is 1. The van der Waals surface area contributed by atoms with Crippen molar-refractivity contribution >= 4 is 23.3 Å². The molecule has 0 aliphatic rings. The van der Waals surface area contributed by atoms with Gasteiger partial charge in [-0.15, -0.1) is 0 Å². The van der Waals surface area contributed by atoms with Gasteiger partial charge in [0.05, 0.1) is 14.2 Å². The summed E-state index contributed by atoms with van der Waals surface area (Å²) in [5.41, 5.74) is 0.866. The zero-order valence-corrected chi connectivity index (χ0v) is 17.2. The molecule has 0 unspecified atom stereocenters. The molecular formula is C21H26N4O4. The number of rotatable bonds is 8. The lowest BCUT2D eigenvalue weighted by Crippen LogP contribution is -2.40. The lowest BCUT2D eigenvalue weighted by Gasteiger charge is -2.09. The SMILES string of the molecule is CCCn1c(=O)c2[nH]c(C=Cc3cccc(OC)c3OC)nc2n(CCC)c1=O. The van der Waals surface area contributed by atoms with E-state index in [1.165, 1.54) is 4.57 Å². The summed E-state index contributed by atoms with van der Waals surface area (Å²) in [4.78, 5) is 33.1. The zero-order chi connectivity index (χ0) is 21.0. The van der Waals surface area contributed by atoms with Crippen molar-refractivity contribution in [2.75, 3.05) is 14.2 Å². The summed E-state index contributed by atoms with van der Waals surface area (Å²) >= 11 is 0. The van der Waals surface area contributed by atoms with Gasteiger partial charge in [-0.2, -0.15) is 0 Å². The number of nitrogens with zero attached hydrogens (tertiary/aromatic N) is 3. The summed E-state index contributed by atoms with van der Waals surface area (Å²) < 4.78 is 13.6. The highest BCUT2D eigenvalue weighted by Gasteiger charge is 2.16. The maximum atomic E-state index is 12.8. The molecule has 8 nitrogen and oxygen atoms in total. The average Bonchev–Trinajstić information content (AvgIpc) is 3.16. The molecule has 0 amide bonds. The van der Waals surface area contributed by atoms with Crippen LogP contribution in [0.2, 0.25) is 0 Å². The van der Waals surface area contributed by atoms with E-state index in [9.17, 15) is 9.59 Å². The topological polar surface area (TPSA) is 91.1 Å². The Kier molecular flexibility index (Phi) is 6.21. The molecule has 0 saturated heterocycles. The maximum Gasteiger partial charge on any atom is 0.332 e. The Labute approximate surface area is 168 Å². The lowest BCUT2D eigenvalue weighted by atomic mass is 10.1. The number of hydrogen-bond acceptors (Lipinski definition) is 5. The fourth-order valence-corrected chi connectivity index (χ4v) is 3.32. The highest BCUT2D eigenvalue weighted by Crippen LogP contribution is 2.31. The van der Waals surface area contributed by atoms with Crippen LogP contribution in [0.15, 0.2) is 27.8 Å². The normalized spacial score (nSPS) is 11.4. The minimum absolute atomic E-state index is 0.317. The third-order valence-corrected chi connectivity index (χ3v) is 4.63. The third-order valence-electron chi connectivity index (χ3n) is 4.63. The Morgan fingerprint density at radius 3 is 2.41 bits per heavy atom. The van der Waals surface area contributed by atoms with Crippen LogP contribution in [0.4, 0.5) is 0 Å². The molecule has 0 aliphatic carbocycles. The van der Waals surface area contributed by atoms with Gasteiger partial charge in [0, 0.05) is 18.7 Å². The second kappa shape index (κ2) is 8.81. The summed E-state index contributed by atoms with van der Waals surface area (Å²) in [5.74, 6) is 1.72. The zero-order valence-electron chi connectivity index (χ0n) is 17.2. The van der Waals surface area contributed by atoms with Gasteiger partial charge < -0.3 is 14.5 Å². The number of aryl methyl sites for hydroxylation is 1. The minimum Gasteiger partial charge on any atom is -0.493 e. The van der Waals surface area contributed by atoms with E-state index in [4.69, 9.17) is 9.47 Å². The molecule has 154 valence electrons. The number of para-hydroxylation sites is 1. The average molecular weight is 398 g/mol. The van der Waals surface area contributed by atoms with Crippen LogP contribution in [0.1, 0.15) is 38.1 Å². The summed E-state index contributed by atoms with van der Waals surface area (Å²) in [7, 11) is 3.16. The monoisotopic (exact) mass is 398 g/mol. The van der Waals surface area contributed by atoms with Gasteiger partial charge in [0.2, 0.25) is 0 Å². The second-order valence-electron chi connectivity index (χ2n) is 6.63. The van der Waals surface area contributed by atoms with Gasteiger partial charge in [-0.25, -0.2) is 9.78 Å². The number of H-pyrrole nitrogens is 1. The van der Waals surface area contributed by atoms with Gasteiger partial charge in [0.25, 0.3) is 5.56 Å². The number of aromatic nitrogens is 4. The van der Waals surface area contributed by atoms with Crippen LogP contribution in [0.25, 0.3) is 23.3 Å². The number of ether oxygens (including phenoxy) is 2. The van der Waals surface area contributed by atoms with E-state index in [1.54, 1.807) is 24.9 Å². The molecule has 1 aromatic carbocycles. The van der Waals surface area contributed by atoms with Crippen LogP contribution in [-0.4, -0.2) is 33.3 Å². The quantitative estimate of drug-likeness (QED) is 0.630. The van der Waals surface area contributed by atoms with Crippen molar-refractivity contribution in [3.63, 3.8) is 0 Å². The van der Waals surface area contributed by atoms with Gasteiger partial charge in [-0.3, -0.25) is 13.9 Å². The number of methoxy groups -OCH3 is 2. The summed E-state index contributed by atoms with van der Waals surface area (Å²) in [5, 5.41) is 0. The highest BCUT2D eigenvalue weighted by molar-refractivity contribution is 5.77. The van der Waals surface area contributed by atoms with Crippen LogP contribution < -0.4 is 20.7 Å². The number of nitrogens with one attached hydrogen (secondary N) is 1. The predicted molar refractivity (Wildman–Crippen MR) is 114 cm³/mol. The maximum absolute atomic E-state index is 12.8. The van der Waals surface area contributed by atoms with E-state index in [0.717, 1.165) is 12.0 Å². The molecule has 0 spiro atoms. The van der Waals surface area contributed by atoms with Crippen LogP contribution in [0.5, 0.6) is 11.5 Å². The fourth-order valence-electron chi connectivity index (χ4n) is 3.32. The largest absolute Gasteiger partial charge is 0.493 e. The Hall–Kier alpha value is -3.29. The van der Waals surface area contributed by atoms with Gasteiger partial charge in [0.15, 0.2) is 17.1 Å². The van der Waals surface area contributed by atoms with E-state index in [1.807, 2.05) is 38.1 Å². The van der Waals surface area contributed by atoms with Gasteiger partial charge in [-0.1, -0.05) is 26.0 Å². The highest BCUT2D eigenvalue weighted by atomic mass is 16.5. The Morgan fingerprint density at radius 2 is 1.76 bits per heavy atom. The Balaban J connectivity index is 2.12. The first-order valence-corrected chi connectivity index (χ1v) is 9.68. The molecule has 0 fully saturated rings. The van der Waals surface area contributed by atoms with E-state index < -0.39 is 0 Å². The van der Waals surface area contributed by atoms with Crippen molar-refractivity contribution in [2.24, 2.45) is 0 Å². The molecule has 2 heterocycles. The van der Waals surface area contributed by atoms with Gasteiger partial charge >= 0.3 is 5.69 Å². The van der Waals surface area contributed by atoms with Gasteiger partial charge in [0.1, 0.15) is 11.3 Å². The van der Waals surface area contributed by atoms with Crippen molar-refractivity contribution in [2.45, 2.75) is 39.8 Å². The van der Waals surface area contributed by atoms with E-state index in [0.29, 0.717) is 48.0 Å². The first-order valence-electron chi connectivity index (χ1n) is 9.68. The van der Waals surface area contributed by atoms with E-state index in [2.05, 4.69) is 9.97 Å². The second-order valence-corrected chi connectivity index (χ2v) is 6.63. The van der Waals surface area contributed by atoms with Crippen LogP contribution in [0, 0.1) is 0 Å². The van der Waals surface area contributed by atoms with Crippen molar-refractivity contribution < 1.29 is 9.47 Å². The molecule has 2 aromatic heterocycles. The van der Waals surface area contributed by atoms with Crippen molar-refractivity contribution in [1.82, 2.24) is 19.1 Å². The molecule has 3 rings (SSSR count). The molecule has 0 atom stereocenters. The first-order chi connectivity index (χ1) is 14.0. The minimum atomic E-state index is -0.342. The molecule has 29 heavy (non-hydrogen) atoms. The molecule has 0 saturated carbocycles. The fraction of sp³-hybridized carbons (Fsp3) is 0.381. The molecule has 1 N–H and O–H groups in total. The number of fused-ring (bicyclic) bond motifs is 1. The first kappa shape index (κ1) is 20.4. The molecule has 8 heteroatoms. The van der Waals surface area contributed by atoms with Crippen LogP contribution in [0.3, 0.4) is 0 Å². The number of hydrogen-bond donors (Lipinski definition) is 1. The number of benzene rings is 1. The number of aromatic amines is 1. The van der Waals surface area contributed by atoms with Gasteiger partial charge in [-0.05, 0) is 31.1 Å². The summed E-state index contributed by atoms with van der Waals surface area (Å²) in [6.45, 7) is 4.79. The predicted octanol–water partition coefficient (Wildman–Crippen LogP) is 2.89. The Morgan fingerprint density at radius 1 is 1.03 bits per heavy atom. The van der Waals surface area contributed by atoms with Crippen molar-refractivity contribution in [1.29, 1.82) is 0 Å². The van der Waals surface area contributed by atoms with Crippen molar-refractivity contribution in [3.8, 4) is 11.5 Å². The molecule has 0 aliphatic heterocycles. The Bertz CT molecular complexity index is 1150. The summed E-state index contributed by atoms with van der Waals surface area (Å²) in [6, 6.07) is 5.57.